The van der Waals surface area contributed by atoms with Gasteiger partial charge in [-0.3, -0.25) is 4.79 Å². The van der Waals surface area contributed by atoms with Crippen LogP contribution in [0.1, 0.15) is 52.4 Å². The first-order valence-corrected chi connectivity index (χ1v) is 6.76. The van der Waals surface area contributed by atoms with Crippen LogP contribution in [0, 0.1) is 0 Å². The van der Waals surface area contributed by atoms with E-state index in [1.165, 1.54) is 25.7 Å². The minimum Gasteiger partial charge on any atom is -0.379 e. The van der Waals surface area contributed by atoms with Crippen LogP contribution in [0.5, 0.6) is 0 Å². The van der Waals surface area contributed by atoms with Crippen molar-refractivity contribution in [3.63, 3.8) is 0 Å². The number of hydrogen-bond acceptors (Lipinski definition) is 3. The Labute approximate surface area is 104 Å². The van der Waals surface area contributed by atoms with Gasteiger partial charge in [0.1, 0.15) is 5.54 Å². The van der Waals surface area contributed by atoms with Crippen molar-refractivity contribution in [1.29, 1.82) is 0 Å². The molecule has 0 aromatic carbocycles. The Bertz CT molecular complexity index is 238. The molecule has 4 nitrogen and oxygen atoms in total. The highest BCUT2D eigenvalue weighted by Gasteiger charge is 2.38. The van der Waals surface area contributed by atoms with Gasteiger partial charge in [0, 0.05) is 12.6 Å². The van der Waals surface area contributed by atoms with Crippen LogP contribution in [0.15, 0.2) is 0 Å². The summed E-state index contributed by atoms with van der Waals surface area (Å²) in [5, 5.41) is 3.00. The molecule has 0 bridgehead atoms. The van der Waals surface area contributed by atoms with Crippen molar-refractivity contribution in [2.75, 3.05) is 13.2 Å². The number of unbranched alkanes of at least 4 members (excludes halogenated alkanes) is 3. The lowest BCUT2D eigenvalue weighted by atomic mass is 9.98. The molecule has 1 heterocycles. The van der Waals surface area contributed by atoms with Gasteiger partial charge in [0.25, 0.3) is 0 Å². The molecule has 2 atom stereocenters. The van der Waals surface area contributed by atoms with Gasteiger partial charge in [-0.15, -0.1) is 0 Å². The zero-order valence-corrected chi connectivity index (χ0v) is 11.1. The number of hydrogen-bond donors (Lipinski definition) is 2. The van der Waals surface area contributed by atoms with Gasteiger partial charge >= 0.3 is 0 Å². The standard InChI is InChI=1S/C13H26N2O2/c1-3-4-5-6-7-11(2)15-12(16)13(14)8-9-17-10-13/h11H,3-10,14H2,1-2H3,(H,15,16). The summed E-state index contributed by atoms with van der Waals surface area (Å²) in [6.07, 6.45) is 6.58. The Hall–Kier alpha value is -0.610. The first kappa shape index (κ1) is 14.5. The van der Waals surface area contributed by atoms with Gasteiger partial charge < -0.3 is 15.8 Å². The Balaban J connectivity index is 2.21. The van der Waals surface area contributed by atoms with Crippen molar-refractivity contribution in [3.8, 4) is 0 Å². The van der Waals surface area contributed by atoms with E-state index in [-0.39, 0.29) is 11.9 Å². The molecule has 1 fully saturated rings. The van der Waals surface area contributed by atoms with Gasteiger partial charge in [-0.2, -0.15) is 0 Å². The number of rotatable bonds is 7. The Kier molecular flexibility index (Phi) is 5.92. The van der Waals surface area contributed by atoms with Crippen LogP contribution in [0.2, 0.25) is 0 Å². The fraction of sp³-hybridized carbons (Fsp3) is 0.923. The minimum absolute atomic E-state index is 0.0574. The van der Waals surface area contributed by atoms with Crippen LogP contribution in [-0.4, -0.2) is 30.7 Å². The molecule has 1 aliphatic rings. The third kappa shape index (κ3) is 4.64. The maximum Gasteiger partial charge on any atom is 0.242 e. The highest BCUT2D eigenvalue weighted by molar-refractivity contribution is 5.86. The zero-order valence-electron chi connectivity index (χ0n) is 11.1. The Morgan fingerprint density at radius 2 is 2.24 bits per heavy atom. The second kappa shape index (κ2) is 6.97. The lowest BCUT2D eigenvalue weighted by Crippen LogP contribution is -2.56. The van der Waals surface area contributed by atoms with E-state index >= 15 is 0 Å². The molecule has 0 spiro atoms. The van der Waals surface area contributed by atoms with Gasteiger partial charge in [0.05, 0.1) is 6.61 Å². The fourth-order valence-electron chi connectivity index (χ4n) is 2.08. The summed E-state index contributed by atoms with van der Waals surface area (Å²) in [4.78, 5) is 12.0. The minimum atomic E-state index is -0.794. The Morgan fingerprint density at radius 1 is 1.47 bits per heavy atom. The largest absolute Gasteiger partial charge is 0.379 e. The van der Waals surface area contributed by atoms with Crippen LogP contribution in [0.25, 0.3) is 0 Å². The van der Waals surface area contributed by atoms with E-state index < -0.39 is 5.54 Å². The highest BCUT2D eigenvalue weighted by Crippen LogP contribution is 2.16. The molecule has 3 N–H and O–H groups in total. The van der Waals surface area contributed by atoms with Crippen LogP contribution >= 0.6 is 0 Å². The lowest BCUT2D eigenvalue weighted by Gasteiger charge is -2.23. The number of carbonyl (C=O) groups is 1. The number of carbonyl (C=O) groups excluding carboxylic acids is 1. The topological polar surface area (TPSA) is 64.4 Å². The van der Waals surface area contributed by atoms with Crippen molar-refractivity contribution in [3.05, 3.63) is 0 Å². The van der Waals surface area contributed by atoms with Gasteiger partial charge in [-0.05, 0) is 19.8 Å². The van der Waals surface area contributed by atoms with E-state index in [2.05, 4.69) is 12.2 Å². The first-order chi connectivity index (χ1) is 8.08. The average Bonchev–Trinajstić information content (AvgIpc) is 2.73. The van der Waals surface area contributed by atoms with Crippen LogP contribution in [-0.2, 0) is 9.53 Å². The lowest BCUT2D eigenvalue weighted by molar-refractivity contribution is -0.127. The summed E-state index contributed by atoms with van der Waals surface area (Å²) in [7, 11) is 0. The van der Waals surface area contributed by atoms with E-state index in [1.54, 1.807) is 0 Å². The fourth-order valence-corrected chi connectivity index (χ4v) is 2.08. The predicted molar refractivity (Wildman–Crippen MR) is 68.7 cm³/mol. The summed E-state index contributed by atoms with van der Waals surface area (Å²) in [6.45, 7) is 5.18. The number of nitrogens with two attached hydrogens (primary N) is 1. The maximum atomic E-state index is 12.0. The zero-order chi connectivity index (χ0) is 12.7. The molecule has 0 aromatic heterocycles. The maximum absolute atomic E-state index is 12.0. The number of nitrogens with one attached hydrogen (secondary N) is 1. The third-order valence-electron chi connectivity index (χ3n) is 3.37. The second-order valence-corrected chi connectivity index (χ2v) is 5.18. The summed E-state index contributed by atoms with van der Waals surface area (Å²) in [5.74, 6) is -0.0574. The third-order valence-corrected chi connectivity index (χ3v) is 3.37. The summed E-state index contributed by atoms with van der Waals surface area (Å²) < 4.78 is 5.19. The first-order valence-electron chi connectivity index (χ1n) is 6.76. The van der Waals surface area contributed by atoms with Gasteiger partial charge in [-0.1, -0.05) is 32.6 Å². The molecular formula is C13H26N2O2. The van der Waals surface area contributed by atoms with E-state index in [9.17, 15) is 4.79 Å². The van der Waals surface area contributed by atoms with Crippen LogP contribution in [0.3, 0.4) is 0 Å². The molecule has 17 heavy (non-hydrogen) atoms. The van der Waals surface area contributed by atoms with Crippen LogP contribution < -0.4 is 11.1 Å². The molecular weight excluding hydrogens is 216 g/mol. The van der Waals surface area contributed by atoms with Gasteiger partial charge in [0.15, 0.2) is 0 Å². The smallest absolute Gasteiger partial charge is 0.242 e. The van der Waals surface area contributed by atoms with Crippen molar-refractivity contribution in [2.24, 2.45) is 5.73 Å². The van der Waals surface area contributed by atoms with Crippen molar-refractivity contribution in [2.45, 2.75) is 64.0 Å². The van der Waals surface area contributed by atoms with E-state index in [0.29, 0.717) is 19.6 Å². The molecule has 100 valence electrons. The summed E-state index contributed by atoms with van der Waals surface area (Å²) in [5.41, 5.74) is 5.20. The quantitative estimate of drug-likeness (QED) is 0.666. The van der Waals surface area contributed by atoms with Crippen molar-refractivity contribution in [1.82, 2.24) is 5.32 Å². The van der Waals surface area contributed by atoms with E-state index in [0.717, 1.165) is 6.42 Å². The van der Waals surface area contributed by atoms with E-state index in [4.69, 9.17) is 10.5 Å². The van der Waals surface area contributed by atoms with E-state index in [1.807, 2.05) is 6.92 Å². The Morgan fingerprint density at radius 3 is 2.82 bits per heavy atom. The molecule has 4 heteroatoms. The van der Waals surface area contributed by atoms with Crippen LogP contribution in [0.4, 0.5) is 0 Å². The monoisotopic (exact) mass is 242 g/mol. The average molecular weight is 242 g/mol. The normalized spacial score (nSPS) is 25.8. The summed E-state index contributed by atoms with van der Waals surface area (Å²) >= 11 is 0. The molecule has 1 rings (SSSR count). The molecule has 0 aliphatic carbocycles. The molecule has 1 saturated heterocycles. The second-order valence-electron chi connectivity index (χ2n) is 5.18. The molecule has 0 radical (unpaired) electrons. The predicted octanol–water partition coefficient (Wildman–Crippen LogP) is 1.58. The van der Waals surface area contributed by atoms with Crippen molar-refractivity contribution < 1.29 is 9.53 Å². The summed E-state index contributed by atoms with van der Waals surface area (Å²) in [6, 6.07) is 0.209. The van der Waals surface area contributed by atoms with Gasteiger partial charge in [0.2, 0.25) is 5.91 Å². The van der Waals surface area contributed by atoms with Crippen molar-refractivity contribution >= 4 is 5.91 Å². The number of amides is 1. The molecule has 0 aromatic rings. The number of ether oxygens (including phenoxy) is 1. The molecule has 1 aliphatic heterocycles. The SMILES string of the molecule is CCCCCCC(C)NC(=O)C1(N)CCOC1. The molecule has 2 unspecified atom stereocenters. The van der Waals surface area contributed by atoms with Gasteiger partial charge in [-0.25, -0.2) is 0 Å². The molecule has 1 amide bonds. The highest BCUT2D eigenvalue weighted by atomic mass is 16.5. The molecule has 0 saturated carbocycles.